The molecule has 0 bridgehead atoms. The Bertz CT molecular complexity index is 1070. The van der Waals surface area contributed by atoms with Crippen molar-refractivity contribution in [3.63, 3.8) is 0 Å². The van der Waals surface area contributed by atoms with Crippen molar-refractivity contribution in [2.45, 2.75) is 58.7 Å². The van der Waals surface area contributed by atoms with Crippen LogP contribution in [0.4, 0.5) is 5.69 Å². The van der Waals surface area contributed by atoms with E-state index in [1.807, 2.05) is 51.1 Å². The van der Waals surface area contributed by atoms with E-state index in [1.54, 1.807) is 36.1 Å². The van der Waals surface area contributed by atoms with Gasteiger partial charge in [-0.25, -0.2) is 8.42 Å². The molecule has 0 aliphatic heterocycles. The van der Waals surface area contributed by atoms with Crippen LogP contribution in [0.5, 0.6) is 0 Å². The van der Waals surface area contributed by atoms with Crippen molar-refractivity contribution in [3.05, 3.63) is 65.2 Å². The van der Waals surface area contributed by atoms with Crippen molar-refractivity contribution in [1.29, 1.82) is 0 Å². The lowest BCUT2D eigenvalue weighted by Crippen LogP contribution is -2.52. The normalized spacial score (nSPS) is 12.6. The molecule has 0 spiro atoms. The minimum atomic E-state index is -3.55. The van der Waals surface area contributed by atoms with E-state index in [4.69, 9.17) is 11.6 Å². The molecule has 186 valence electrons. The number of carbonyl (C=O) groups is 2. The quantitative estimate of drug-likeness (QED) is 0.521. The summed E-state index contributed by atoms with van der Waals surface area (Å²) in [6.45, 7) is 7.78. The number of hydrogen-bond donors (Lipinski definition) is 1. The van der Waals surface area contributed by atoms with Crippen LogP contribution in [-0.4, -0.2) is 49.5 Å². The van der Waals surface area contributed by atoms with Crippen LogP contribution in [0.2, 0.25) is 5.02 Å². The van der Waals surface area contributed by atoms with Crippen molar-refractivity contribution >= 4 is 39.1 Å². The first-order chi connectivity index (χ1) is 15.8. The maximum absolute atomic E-state index is 13.2. The molecular formula is C25H34ClN3O4S. The molecule has 0 saturated carbocycles. The van der Waals surface area contributed by atoms with E-state index >= 15 is 0 Å². The zero-order chi connectivity index (χ0) is 25.5. The summed E-state index contributed by atoms with van der Waals surface area (Å²) in [5, 5.41) is 3.44. The number of anilines is 1. The van der Waals surface area contributed by atoms with Gasteiger partial charge in [-0.05, 0) is 63.9 Å². The van der Waals surface area contributed by atoms with Gasteiger partial charge in [-0.3, -0.25) is 13.9 Å². The zero-order valence-corrected chi connectivity index (χ0v) is 22.0. The highest BCUT2D eigenvalue weighted by molar-refractivity contribution is 7.92. The van der Waals surface area contributed by atoms with Crippen molar-refractivity contribution in [2.24, 2.45) is 0 Å². The van der Waals surface area contributed by atoms with Gasteiger partial charge in [0.25, 0.3) is 0 Å². The summed E-state index contributed by atoms with van der Waals surface area (Å²) < 4.78 is 25.9. The average molecular weight is 508 g/mol. The molecule has 0 aliphatic carbocycles. The molecule has 2 rings (SSSR count). The van der Waals surface area contributed by atoms with Crippen LogP contribution in [0.3, 0.4) is 0 Å². The van der Waals surface area contributed by atoms with Crippen molar-refractivity contribution in [2.75, 3.05) is 17.1 Å². The highest BCUT2D eigenvalue weighted by Gasteiger charge is 2.28. The molecule has 7 nitrogen and oxygen atoms in total. The molecule has 9 heteroatoms. The third kappa shape index (κ3) is 8.65. The SMILES string of the molecule is C[C@H](C(=O)NC(C)(C)C)N(Cc1ccccc1)C(=O)CCCN(c1ccc(Cl)cc1)S(C)(=O)=O. The predicted molar refractivity (Wildman–Crippen MR) is 137 cm³/mol. The number of carbonyl (C=O) groups excluding carboxylic acids is 2. The minimum absolute atomic E-state index is 0.0968. The van der Waals surface area contributed by atoms with Crippen LogP contribution in [0.1, 0.15) is 46.1 Å². The molecule has 1 atom stereocenters. The second kappa shape index (κ2) is 11.7. The fraction of sp³-hybridized carbons (Fsp3) is 0.440. The molecule has 0 radical (unpaired) electrons. The van der Waals surface area contributed by atoms with Gasteiger partial charge in [0.05, 0.1) is 11.9 Å². The Kier molecular flexibility index (Phi) is 9.53. The second-order valence-electron chi connectivity index (χ2n) is 9.34. The molecule has 2 amide bonds. The molecule has 2 aromatic carbocycles. The van der Waals surface area contributed by atoms with E-state index in [0.717, 1.165) is 11.8 Å². The number of nitrogens with zero attached hydrogens (tertiary/aromatic N) is 2. The van der Waals surface area contributed by atoms with Crippen LogP contribution >= 0.6 is 11.6 Å². The molecule has 0 aromatic heterocycles. The van der Waals surface area contributed by atoms with E-state index in [2.05, 4.69) is 5.32 Å². The lowest BCUT2D eigenvalue weighted by atomic mass is 10.1. The van der Waals surface area contributed by atoms with Crippen LogP contribution in [-0.2, 0) is 26.2 Å². The molecule has 0 heterocycles. The summed E-state index contributed by atoms with van der Waals surface area (Å²) in [5.74, 6) is -0.458. The molecule has 0 fully saturated rings. The van der Waals surface area contributed by atoms with E-state index in [9.17, 15) is 18.0 Å². The maximum atomic E-state index is 13.2. The van der Waals surface area contributed by atoms with Gasteiger partial charge >= 0.3 is 0 Å². The number of benzene rings is 2. The summed E-state index contributed by atoms with van der Waals surface area (Å²) in [5.41, 5.74) is 0.963. The van der Waals surface area contributed by atoms with Gasteiger partial charge < -0.3 is 10.2 Å². The van der Waals surface area contributed by atoms with Gasteiger partial charge in [0, 0.05) is 30.1 Å². The van der Waals surface area contributed by atoms with Gasteiger partial charge in [-0.2, -0.15) is 0 Å². The van der Waals surface area contributed by atoms with E-state index in [1.165, 1.54) is 4.31 Å². The van der Waals surface area contributed by atoms with Crippen molar-refractivity contribution < 1.29 is 18.0 Å². The monoisotopic (exact) mass is 507 g/mol. The summed E-state index contributed by atoms with van der Waals surface area (Å²) in [6.07, 6.45) is 1.52. The second-order valence-corrected chi connectivity index (χ2v) is 11.7. The number of sulfonamides is 1. The third-order valence-electron chi connectivity index (χ3n) is 5.13. The fourth-order valence-corrected chi connectivity index (χ4v) is 4.54. The predicted octanol–water partition coefficient (Wildman–Crippen LogP) is 4.22. The Morgan fingerprint density at radius 1 is 1.03 bits per heavy atom. The minimum Gasteiger partial charge on any atom is -0.350 e. The maximum Gasteiger partial charge on any atom is 0.242 e. The molecule has 0 aliphatic rings. The molecule has 0 unspecified atom stereocenters. The van der Waals surface area contributed by atoms with Crippen LogP contribution in [0, 0.1) is 0 Å². The fourth-order valence-electron chi connectivity index (χ4n) is 3.45. The van der Waals surface area contributed by atoms with Gasteiger partial charge in [-0.15, -0.1) is 0 Å². The van der Waals surface area contributed by atoms with Crippen molar-refractivity contribution in [1.82, 2.24) is 10.2 Å². The summed E-state index contributed by atoms with van der Waals surface area (Å²) >= 11 is 5.92. The Hall–Kier alpha value is -2.58. The number of rotatable bonds is 10. The number of amides is 2. The smallest absolute Gasteiger partial charge is 0.242 e. The lowest BCUT2D eigenvalue weighted by molar-refractivity contribution is -0.141. The van der Waals surface area contributed by atoms with E-state index in [0.29, 0.717) is 17.1 Å². The molecule has 34 heavy (non-hydrogen) atoms. The average Bonchev–Trinajstić information content (AvgIpc) is 2.74. The van der Waals surface area contributed by atoms with Crippen molar-refractivity contribution in [3.8, 4) is 0 Å². The third-order valence-corrected chi connectivity index (χ3v) is 6.57. The summed E-state index contributed by atoms with van der Waals surface area (Å²) in [6, 6.07) is 15.3. The van der Waals surface area contributed by atoms with Crippen LogP contribution < -0.4 is 9.62 Å². The van der Waals surface area contributed by atoms with Crippen LogP contribution in [0.15, 0.2) is 54.6 Å². The lowest BCUT2D eigenvalue weighted by Gasteiger charge is -2.32. The van der Waals surface area contributed by atoms with Gasteiger partial charge in [-0.1, -0.05) is 41.9 Å². The highest BCUT2D eigenvalue weighted by Crippen LogP contribution is 2.21. The largest absolute Gasteiger partial charge is 0.350 e. The van der Waals surface area contributed by atoms with E-state index < -0.39 is 21.6 Å². The first-order valence-corrected chi connectivity index (χ1v) is 13.4. The standard InChI is InChI=1S/C25H34ClN3O4S/c1-19(24(31)27-25(2,3)4)28(18-20-10-7-6-8-11-20)23(30)12-9-17-29(34(5,32)33)22-15-13-21(26)14-16-22/h6-8,10-11,13-16,19H,9,12,17-18H2,1-5H3,(H,27,31)/t19-/m1/s1. The van der Waals surface area contributed by atoms with Gasteiger partial charge in [0.1, 0.15) is 6.04 Å². The first-order valence-electron chi connectivity index (χ1n) is 11.2. The highest BCUT2D eigenvalue weighted by atomic mass is 35.5. The molecular weight excluding hydrogens is 474 g/mol. The van der Waals surface area contributed by atoms with Gasteiger partial charge in [0.15, 0.2) is 0 Å². The first kappa shape index (κ1) is 27.7. The summed E-state index contributed by atoms with van der Waals surface area (Å²) in [7, 11) is -3.55. The van der Waals surface area contributed by atoms with Crippen LogP contribution in [0.25, 0.3) is 0 Å². The van der Waals surface area contributed by atoms with Gasteiger partial charge in [0.2, 0.25) is 21.8 Å². The Balaban J connectivity index is 2.15. The Morgan fingerprint density at radius 3 is 2.15 bits per heavy atom. The topological polar surface area (TPSA) is 86.8 Å². The molecule has 1 N–H and O–H groups in total. The number of halogens is 1. The zero-order valence-electron chi connectivity index (χ0n) is 20.4. The van der Waals surface area contributed by atoms with E-state index in [-0.39, 0.29) is 31.3 Å². The Morgan fingerprint density at radius 2 is 1.62 bits per heavy atom. The summed E-state index contributed by atoms with van der Waals surface area (Å²) in [4.78, 5) is 27.6. The number of nitrogens with one attached hydrogen (secondary N) is 1. The molecule has 0 saturated heterocycles. The number of hydrogen-bond acceptors (Lipinski definition) is 4. The Labute approximate surface area is 208 Å². The molecule has 2 aromatic rings.